The molecule has 3 nitrogen and oxygen atoms in total. The van der Waals surface area contributed by atoms with Crippen molar-refractivity contribution >= 4 is 0 Å². The van der Waals surface area contributed by atoms with Gasteiger partial charge in [-0.1, -0.05) is 60.7 Å². The highest BCUT2D eigenvalue weighted by Gasteiger charge is 2.25. The van der Waals surface area contributed by atoms with E-state index >= 15 is 0 Å². The van der Waals surface area contributed by atoms with Crippen LogP contribution in [0.15, 0.2) is 60.7 Å². The van der Waals surface area contributed by atoms with E-state index in [1.807, 2.05) is 0 Å². The van der Waals surface area contributed by atoms with Gasteiger partial charge in [0.25, 0.3) is 0 Å². The molecule has 3 heteroatoms. The number of aliphatic hydroxyl groups excluding tert-OH is 1. The zero-order valence-corrected chi connectivity index (χ0v) is 15.8. The summed E-state index contributed by atoms with van der Waals surface area (Å²) in [4.78, 5) is 5.17. The fourth-order valence-corrected chi connectivity index (χ4v) is 3.95. The third-order valence-corrected chi connectivity index (χ3v) is 5.46. The maximum absolute atomic E-state index is 9.49. The molecule has 2 aromatic carbocycles. The van der Waals surface area contributed by atoms with E-state index in [1.54, 1.807) is 0 Å². The molecule has 26 heavy (non-hydrogen) atoms. The molecule has 0 aromatic heterocycles. The fourth-order valence-electron chi connectivity index (χ4n) is 3.95. The summed E-state index contributed by atoms with van der Waals surface area (Å²) in [5, 5.41) is 9.49. The molecule has 0 saturated carbocycles. The van der Waals surface area contributed by atoms with Crippen molar-refractivity contribution in [3.05, 3.63) is 71.8 Å². The number of hydrogen-bond acceptors (Lipinski definition) is 3. The van der Waals surface area contributed by atoms with Gasteiger partial charge in [-0.2, -0.15) is 0 Å². The molecule has 1 atom stereocenters. The van der Waals surface area contributed by atoms with Crippen LogP contribution in [0.2, 0.25) is 0 Å². The van der Waals surface area contributed by atoms with Crippen molar-refractivity contribution in [2.45, 2.75) is 31.7 Å². The Bertz CT molecular complexity index is 617. The van der Waals surface area contributed by atoms with Crippen molar-refractivity contribution in [1.82, 2.24) is 9.80 Å². The van der Waals surface area contributed by atoms with Gasteiger partial charge >= 0.3 is 0 Å². The van der Waals surface area contributed by atoms with Crippen LogP contribution < -0.4 is 0 Å². The summed E-state index contributed by atoms with van der Waals surface area (Å²) in [6.07, 6.45) is 4.33. The Kier molecular flexibility index (Phi) is 7.68. The highest BCUT2D eigenvalue weighted by atomic mass is 16.3. The van der Waals surface area contributed by atoms with Crippen molar-refractivity contribution in [3.8, 4) is 0 Å². The second-order valence-corrected chi connectivity index (χ2v) is 7.33. The van der Waals surface area contributed by atoms with Gasteiger partial charge in [0.1, 0.15) is 0 Å². The lowest BCUT2D eigenvalue weighted by Crippen LogP contribution is -2.54. The molecule has 140 valence electrons. The van der Waals surface area contributed by atoms with Crippen LogP contribution in [0.4, 0.5) is 0 Å². The molecule has 0 bridgehead atoms. The molecular formula is C23H32N2O. The summed E-state index contributed by atoms with van der Waals surface area (Å²) in [6.45, 7) is 5.87. The zero-order valence-electron chi connectivity index (χ0n) is 15.8. The maximum atomic E-state index is 9.49. The molecule has 1 aliphatic rings. The second kappa shape index (κ2) is 10.5. The number of hydrogen-bond donors (Lipinski definition) is 1. The van der Waals surface area contributed by atoms with Crippen molar-refractivity contribution in [1.29, 1.82) is 0 Å². The standard InChI is InChI=1S/C23H32N2O/c26-19-14-23-20-24(15-7-12-21-8-3-1-4-9-21)17-18-25(23)16-13-22-10-5-2-6-11-22/h1-6,8-11,23,26H,7,12-20H2/t23-/m1/s1. The number of benzene rings is 2. The average Bonchev–Trinajstić information content (AvgIpc) is 2.69. The molecule has 0 radical (unpaired) electrons. The van der Waals surface area contributed by atoms with Crippen LogP contribution in [0.5, 0.6) is 0 Å². The second-order valence-electron chi connectivity index (χ2n) is 7.33. The lowest BCUT2D eigenvalue weighted by Gasteiger charge is -2.41. The molecule has 0 spiro atoms. The molecule has 1 saturated heterocycles. The first kappa shape index (κ1) is 19.1. The van der Waals surface area contributed by atoms with Gasteiger partial charge in [-0.15, -0.1) is 0 Å². The van der Waals surface area contributed by atoms with Crippen molar-refractivity contribution in [2.75, 3.05) is 39.3 Å². The van der Waals surface area contributed by atoms with Crippen LogP contribution in [0, 0.1) is 0 Å². The Labute approximate surface area is 158 Å². The average molecular weight is 353 g/mol. The molecular weight excluding hydrogens is 320 g/mol. The monoisotopic (exact) mass is 352 g/mol. The van der Waals surface area contributed by atoms with E-state index in [4.69, 9.17) is 0 Å². The van der Waals surface area contributed by atoms with E-state index < -0.39 is 0 Å². The van der Waals surface area contributed by atoms with E-state index in [0.29, 0.717) is 6.04 Å². The predicted octanol–water partition coefficient (Wildman–Crippen LogP) is 3.23. The highest BCUT2D eigenvalue weighted by Crippen LogP contribution is 2.15. The number of aliphatic hydroxyl groups is 1. The van der Waals surface area contributed by atoms with E-state index in [-0.39, 0.29) is 6.61 Å². The van der Waals surface area contributed by atoms with Crippen LogP contribution in [-0.2, 0) is 12.8 Å². The summed E-state index contributed by atoms with van der Waals surface area (Å²) in [7, 11) is 0. The van der Waals surface area contributed by atoms with Gasteiger partial charge in [-0.3, -0.25) is 4.90 Å². The number of aryl methyl sites for hydroxylation is 1. The van der Waals surface area contributed by atoms with Gasteiger partial charge in [0.2, 0.25) is 0 Å². The minimum atomic E-state index is 0.282. The summed E-state index contributed by atoms with van der Waals surface area (Å²) in [6, 6.07) is 22.0. The fraction of sp³-hybridized carbons (Fsp3) is 0.478. The normalized spacial score (nSPS) is 18.9. The summed E-state index contributed by atoms with van der Waals surface area (Å²) < 4.78 is 0. The summed E-state index contributed by atoms with van der Waals surface area (Å²) in [5.74, 6) is 0. The van der Waals surface area contributed by atoms with Crippen LogP contribution in [0.1, 0.15) is 24.0 Å². The Morgan fingerprint density at radius 1 is 0.808 bits per heavy atom. The topological polar surface area (TPSA) is 26.7 Å². The predicted molar refractivity (Wildman–Crippen MR) is 108 cm³/mol. The van der Waals surface area contributed by atoms with E-state index in [1.165, 1.54) is 17.5 Å². The summed E-state index contributed by atoms with van der Waals surface area (Å²) in [5.41, 5.74) is 2.83. The molecule has 1 heterocycles. The van der Waals surface area contributed by atoms with Gasteiger partial charge in [-0.05, 0) is 43.4 Å². The van der Waals surface area contributed by atoms with E-state index in [0.717, 1.165) is 52.0 Å². The first-order chi connectivity index (χ1) is 12.8. The number of nitrogens with zero attached hydrogens (tertiary/aromatic N) is 2. The highest BCUT2D eigenvalue weighted by molar-refractivity contribution is 5.15. The largest absolute Gasteiger partial charge is 0.396 e. The zero-order chi connectivity index (χ0) is 18.0. The minimum Gasteiger partial charge on any atom is -0.396 e. The first-order valence-electron chi connectivity index (χ1n) is 10.0. The van der Waals surface area contributed by atoms with Gasteiger partial charge in [0, 0.05) is 38.8 Å². The minimum absolute atomic E-state index is 0.282. The Hall–Kier alpha value is -1.68. The van der Waals surface area contributed by atoms with Gasteiger partial charge in [-0.25, -0.2) is 0 Å². The molecule has 1 aliphatic heterocycles. The lowest BCUT2D eigenvalue weighted by atomic mass is 10.1. The van der Waals surface area contributed by atoms with Crippen LogP contribution >= 0.6 is 0 Å². The van der Waals surface area contributed by atoms with Crippen LogP contribution in [-0.4, -0.2) is 60.3 Å². The molecule has 3 rings (SSSR count). The smallest absolute Gasteiger partial charge is 0.0446 e. The molecule has 0 aliphatic carbocycles. The first-order valence-corrected chi connectivity index (χ1v) is 10.0. The van der Waals surface area contributed by atoms with Crippen LogP contribution in [0.3, 0.4) is 0 Å². The lowest BCUT2D eigenvalue weighted by molar-refractivity contribution is 0.0596. The summed E-state index contributed by atoms with van der Waals surface area (Å²) >= 11 is 0. The SMILES string of the molecule is OCC[C@@H]1CN(CCCc2ccccc2)CCN1CCc1ccccc1. The molecule has 0 amide bonds. The third-order valence-electron chi connectivity index (χ3n) is 5.46. The Morgan fingerprint density at radius 3 is 2.12 bits per heavy atom. The molecule has 1 N–H and O–H groups in total. The van der Waals surface area contributed by atoms with Crippen molar-refractivity contribution in [2.24, 2.45) is 0 Å². The quantitative estimate of drug-likeness (QED) is 0.751. The van der Waals surface area contributed by atoms with Gasteiger partial charge in [0.05, 0.1) is 0 Å². The molecule has 2 aromatic rings. The van der Waals surface area contributed by atoms with Crippen molar-refractivity contribution in [3.63, 3.8) is 0 Å². The number of rotatable bonds is 9. The van der Waals surface area contributed by atoms with Gasteiger partial charge < -0.3 is 10.0 Å². The van der Waals surface area contributed by atoms with Gasteiger partial charge in [0.15, 0.2) is 0 Å². The van der Waals surface area contributed by atoms with E-state index in [2.05, 4.69) is 70.5 Å². The molecule has 0 unspecified atom stereocenters. The van der Waals surface area contributed by atoms with Crippen molar-refractivity contribution < 1.29 is 5.11 Å². The molecule has 1 fully saturated rings. The number of piperazine rings is 1. The Morgan fingerprint density at radius 2 is 1.46 bits per heavy atom. The Balaban J connectivity index is 1.44. The maximum Gasteiger partial charge on any atom is 0.0446 e. The van der Waals surface area contributed by atoms with Crippen LogP contribution in [0.25, 0.3) is 0 Å². The van der Waals surface area contributed by atoms with E-state index in [9.17, 15) is 5.11 Å². The third kappa shape index (κ3) is 5.94.